The minimum Gasteiger partial charge on any atom is -0.410 e. The number of carbonyl (C=O) groups excluding carboxylic acids is 1. The molecule has 2 rings (SSSR count). The first-order valence-electron chi connectivity index (χ1n) is 8.55. The third-order valence-corrected chi connectivity index (χ3v) is 3.73. The van der Waals surface area contributed by atoms with Gasteiger partial charge in [-0.05, 0) is 30.7 Å². The van der Waals surface area contributed by atoms with E-state index < -0.39 is 6.09 Å². The third kappa shape index (κ3) is 6.84. The first-order chi connectivity index (χ1) is 11.8. The van der Waals surface area contributed by atoms with Crippen LogP contribution in [0.25, 0.3) is 0 Å². The molecule has 24 heavy (non-hydrogen) atoms. The highest BCUT2D eigenvalue weighted by Gasteiger charge is 2.08. The number of para-hydroxylation sites is 1. The Morgan fingerprint density at radius 2 is 1.67 bits per heavy atom. The Morgan fingerprint density at radius 3 is 2.33 bits per heavy atom. The van der Waals surface area contributed by atoms with Crippen molar-refractivity contribution in [2.75, 3.05) is 19.6 Å². The Hall–Kier alpha value is -2.33. The highest BCUT2D eigenvalue weighted by atomic mass is 16.6. The fourth-order valence-electron chi connectivity index (χ4n) is 2.44. The normalized spacial score (nSPS) is 10.6. The summed E-state index contributed by atoms with van der Waals surface area (Å²) in [5.41, 5.74) is 1.29. The van der Waals surface area contributed by atoms with E-state index in [0.717, 1.165) is 32.5 Å². The molecule has 0 aliphatic carbocycles. The zero-order chi connectivity index (χ0) is 17.0. The summed E-state index contributed by atoms with van der Waals surface area (Å²) in [5.74, 6) is 0.558. The lowest BCUT2D eigenvalue weighted by atomic mass is 10.2. The first-order valence-corrected chi connectivity index (χ1v) is 8.55. The molecular formula is C20H26N2O2. The Balaban J connectivity index is 1.76. The summed E-state index contributed by atoms with van der Waals surface area (Å²) < 4.78 is 5.23. The number of hydrogen-bond acceptors (Lipinski definition) is 3. The molecule has 2 aromatic rings. The number of hydrogen-bond donors (Lipinski definition) is 1. The average Bonchev–Trinajstić information content (AvgIpc) is 2.61. The van der Waals surface area contributed by atoms with Crippen molar-refractivity contribution in [3.8, 4) is 5.75 Å². The van der Waals surface area contributed by atoms with Gasteiger partial charge in [0, 0.05) is 19.6 Å². The monoisotopic (exact) mass is 326 g/mol. The van der Waals surface area contributed by atoms with Crippen LogP contribution in [-0.2, 0) is 6.54 Å². The molecule has 128 valence electrons. The summed E-state index contributed by atoms with van der Waals surface area (Å²) >= 11 is 0. The summed E-state index contributed by atoms with van der Waals surface area (Å²) in [4.78, 5) is 14.2. The van der Waals surface area contributed by atoms with Crippen LogP contribution in [0, 0.1) is 0 Å². The Bertz CT molecular complexity index is 587. The van der Waals surface area contributed by atoms with E-state index in [9.17, 15) is 4.79 Å². The van der Waals surface area contributed by atoms with Gasteiger partial charge in [0.15, 0.2) is 0 Å². The van der Waals surface area contributed by atoms with Crippen LogP contribution >= 0.6 is 0 Å². The van der Waals surface area contributed by atoms with E-state index in [4.69, 9.17) is 4.74 Å². The van der Waals surface area contributed by atoms with Gasteiger partial charge in [-0.1, -0.05) is 61.9 Å². The topological polar surface area (TPSA) is 41.6 Å². The molecule has 4 nitrogen and oxygen atoms in total. The van der Waals surface area contributed by atoms with Crippen molar-refractivity contribution >= 4 is 6.09 Å². The molecule has 0 atom stereocenters. The molecule has 0 aliphatic heterocycles. The summed E-state index contributed by atoms with van der Waals surface area (Å²) in [5, 5.41) is 2.82. The summed E-state index contributed by atoms with van der Waals surface area (Å²) in [6.45, 7) is 5.49. The second kappa shape index (κ2) is 10.4. The van der Waals surface area contributed by atoms with Crippen molar-refractivity contribution in [2.45, 2.75) is 26.3 Å². The van der Waals surface area contributed by atoms with Crippen LogP contribution in [0.15, 0.2) is 60.7 Å². The van der Waals surface area contributed by atoms with E-state index in [2.05, 4.69) is 41.4 Å². The number of carbonyl (C=O) groups is 1. The predicted molar refractivity (Wildman–Crippen MR) is 97.1 cm³/mol. The number of nitrogens with zero attached hydrogens (tertiary/aromatic N) is 1. The van der Waals surface area contributed by atoms with E-state index in [-0.39, 0.29) is 0 Å². The molecule has 0 radical (unpaired) electrons. The minimum absolute atomic E-state index is 0.406. The molecular weight excluding hydrogens is 300 g/mol. The van der Waals surface area contributed by atoms with E-state index in [1.807, 2.05) is 24.3 Å². The van der Waals surface area contributed by atoms with Crippen molar-refractivity contribution in [3.63, 3.8) is 0 Å². The zero-order valence-electron chi connectivity index (χ0n) is 14.3. The molecule has 0 bridgehead atoms. The number of nitrogens with one attached hydrogen (secondary N) is 1. The summed E-state index contributed by atoms with van der Waals surface area (Å²) in [7, 11) is 0. The van der Waals surface area contributed by atoms with Gasteiger partial charge in [0.05, 0.1) is 0 Å². The van der Waals surface area contributed by atoms with Crippen LogP contribution in [0.2, 0.25) is 0 Å². The van der Waals surface area contributed by atoms with Gasteiger partial charge in [-0.15, -0.1) is 0 Å². The SMILES string of the molecule is CCCCN(CCNC(=O)Oc1ccccc1)Cc1ccccc1. The molecule has 0 fully saturated rings. The summed E-state index contributed by atoms with van der Waals surface area (Å²) in [6, 6.07) is 19.5. The minimum atomic E-state index is -0.406. The lowest BCUT2D eigenvalue weighted by Crippen LogP contribution is -2.36. The van der Waals surface area contributed by atoms with Crippen LogP contribution < -0.4 is 10.1 Å². The van der Waals surface area contributed by atoms with Crippen molar-refractivity contribution in [3.05, 3.63) is 66.2 Å². The average molecular weight is 326 g/mol. The molecule has 1 N–H and O–H groups in total. The number of ether oxygens (including phenoxy) is 1. The molecule has 2 aromatic carbocycles. The smallest absolute Gasteiger partial charge is 0.410 e. The zero-order valence-corrected chi connectivity index (χ0v) is 14.3. The molecule has 0 saturated carbocycles. The lowest BCUT2D eigenvalue weighted by Gasteiger charge is -2.22. The molecule has 0 unspecified atom stereocenters. The maximum absolute atomic E-state index is 11.8. The number of unbranched alkanes of at least 4 members (excludes halogenated alkanes) is 1. The third-order valence-electron chi connectivity index (χ3n) is 3.73. The molecule has 0 heterocycles. The Morgan fingerprint density at radius 1 is 1.00 bits per heavy atom. The molecule has 0 aromatic heterocycles. The Kier molecular flexibility index (Phi) is 7.84. The second-order valence-corrected chi connectivity index (χ2v) is 5.74. The van der Waals surface area contributed by atoms with E-state index in [1.54, 1.807) is 12.1 Å². The highest BCUT2D eigenvalue weighted by molar-refractivity contribution is 5.70. The number of benzene rings is 2. The van der Waals surface area contributed by atoms with Gasteiger partial charge < -0.3 is 10.1 Å². The van der Waals surface area contributed by atoms with Crippen LogP contribution in [0.3, 0.4) is 0 Å². The van der Waals surface area contributed by atoms with E-state index in [0.29, 0.717) is 12.3 Å². The van der Waals surface area contributed by atoms with Crippen molar-refractivity contribution in [1.29, 1.82) is 0 Å². The fraction of sp³-hybridized carbons (Fsp3) is 0.350. The molecule has 0 aliphatic rings. The highest BCUT2D eigenvalue weighted by Crippen LogP contribution is 2.08. The number of rotatable bonds is 9. The van der Waals surface area contributed by atoms with Crippen LogP contribution in [-0.4, -0.2) is 30.6 Å². The molecule has 4 heteroatoms. The Labute approximate surface area is 144 Å². The quantitative estimate of drug-likeness (QED) is 0.755. The number of amides is 1. The summed E-state index contributed by atoms with van der Waals surface area (Å²) in [6.07, 6.45) is 1.91. The first kappa shape index (κ1) is 18.0. The predicted octanol–water partition coefficient (Wildman–Crippen LogP) is 4.08. The standard InChI is InChI=1S/C20H26N2O2/c1-2-3-15-22(17-18-10-6-4-7-11-18)16-14-21-20(23)24-19-12-8-5-9-13-19/h4-13H,2-3,14-17H2,1H3,(H,21,23). The maximum Gasteiger partial charge on any atom is 0.412 e. The largest absolute Gasteiger partial charge is 0.412 e. The van der Waals surface area contributed by atoms with Gasteiger partial charge in [-0.3, -0.25) is 4.90 Å². The van der Waals surface area contributed by atoms with E-state index >= 15 is 0 Å². The van der Waals surface area contributed by atoms with Crippen molar-refractivity contribution in [1.82, 2.24) is 10.2 Å². The van der Waals surface area contributed by atoms with Gasteiger partial charge in [0.1, 0.15) is 5.75 Å². The van der Waals surface area contributed by atoms with Gasteiger partial charge in [-0.25, -0.2) is 4.79 Å². The van der Waals surface area contributed by atoms with Gasteiger partial charge in [-0.2, -0.15) is 0 Å². The van der Waals surface area contributed by atoms with Gasteiger partial charge in [0.2, 0.25) is 0 Å². The van der Waals surface area contributed by atoms with Crippen LogP contribution in [0.5, 0.6) is 5.75 Å². The fourth-order valence-corrected chi connectivity index (χ4v) is 2.44. The van der Waals surface area contributed by atoms with Crippen molar-refractivity contribution < 1.29 is 9.53 Å². The molecule has 0 saturated heterocycles. The second-order valence-electron chi connectivity index (χ2n) is 5.74. The molecule has 1 amide bonds. The van der Waals surface area contributed by atoms with Crippen LogP contribution in [0.4, 0.5) is 4.79 Å². The van der Waals surface area contributed by atoms with E-state index in [1.165, 1.54) is 5.56 Å². The lowest BCUT2D eigenvalue weighted by molar-refractivity contribution is 0.196. The van der Waals surface area contributed by atoms with Crippen LogP contribution in [0.1, 0.15) is 25.3 Å². The molecule has 0 spiro atoms. The van der Waals surface area contributed by atoms with Gasteiger partial charge in [0.25, 0.3) is 0 Å². The van der Waals surface area contributed by atoms with Crippen molar-refractivity contribution in [2.24, 2.45) is 0 Å². The van der Waals surface area contributed by atoms with Gasteiger partial charge >= 0.3 is 6.09 Å². The maximum atomic E-state index is 11.8.